The van der Waals surface area contributed by atoms with Gasteiger partial charge in [-0.1, -0.05) is 0 Å². The third kappa shape index (κ3) is 2.90. The number of nitrogens with zero attached hydrogens (tertiary/aromatic N) is 6. The van der Waals surface area contributed by atoms with Crippen LogP contribution < -0.4 is 4.90 Å². The maximum absolute atomic E-state index is 4.54. The maximum Gasteiger partial charge on any atom is 0.135 e. The highest BCUT2D eigenvalue weighted by Crippen LogP contribution is 2.34. The van der Waals surface area contributed by atoms with Crippen molar-refractivity contribution in [2.24, 2.45) is 11.8 Å². The fourth-order valence-corrected chi connectivity index (χ4v) is 4.12. The first-order valence-electron chi connectivity index (χ1n) is 8.84. The van der Waals surface area contributed by atoms with E-state index in [9.17, 15) is 0 Å². The fourth-order valence-electron chi connectivity index (χ4n) is 4.12. The lowest BCUT2D eigenvalue weighted by molar-refractivity contribution is 0.296. The second-order valence-electron chi connectivity index (χ2n) is 7.37. The molecule has 4 heterocycles. The van der Waals surface area contributed by atoms with Crippen LogP contribution in [0.15, 0.2) is 18.7 Å². The third-order valence-corrected chi connectivity index (χ3v) is 5.58. The average Bonchev–Trinajstić information content (AvgIpc) is 3.22. The van der Waals surface area contributed by atoms with Crippen LogP contribution in [0, 0.1) is 32.6 Å². The Morgan fingerprint density at radius 2 is 1.75 bits per heavy atom. The van der Waals surface area contributed by atoms with Crippen LogP contribution in [0.5, 0.6) is 0 Å². The highest BCUT2D eigenvalue weighted by atomic mass is 15.3. The molecule has 2 aromatic rings. The van der Waals surface area contributed by atoms with Crippen LogP contribution in [-0.4, -0.2) is 57.4 Å². The molecule has 0 bridgehead atoms. The van der Waals surface area contributed by atoms with E-state index in [1.807, 2.05) is 6.20 Å². The van der Waals surface area contributed by atoms with Crippen molar-refractivity contribution in [1.29, 1.82) is 0 Å². The number of fused-ring (bicyclic) bond motifs is 1. The van der Waals surface area contributed by atoms with E-state index in [0.717, 1.165) is 49.5 Å². The molecule has 2 fully saturated rings. The van der Waals surface area contributed by atoms with Crippen molar-refractivity contribution in [3.05, 3.63) is 35.5 Å². The Morgan fingerprint density at radius 1 is 1.00 bits per heavy atom. The predicted octanol–water partition coefficient (Wildman–Crippen LogP) is 1.67. The summed E-state index contributed by atoms with van der Waals surface area (Å²) in [4.78, 5) is 13.9. The molecule has 6 nitrogen and oxygen atoms in total. The van der Waals surface area contributed by atoms with E-state index in [2.05, 4.69) is 56.5 Å². The first-order valence-corrected chi connectivity index (χ1v) is 8.84. The molecule has 0 spiro atoms. The van der Waals surface area contributed by atoms with Gasteiger partial charge in [0.2, 0.25) is 0 Å². The van der Waals surface area contributed by atoms with Gasteiger partial charge in [-0.3, -0.25) is 4.68 Å². The molecule has 2 aliphatic rings. The van der Waals surface area contributed by atoms with Crippen LogP contribution >= 0.6 is 0 Å². The van der Waals surface area contributed by atoms with Crippen LogP contribution in [0.1, 0.15) is 16.8 Å². The Kier molecular flexibility index (Phi) is 4.00. The van der Waals surface area contributed by atoms with E-state index < -0.39 is 0 Å². The van der Waals surface area contributed by atoms with Gasteiger partial charge < -0.3 is 9.80 Å². The topological polar surface area (TPSA) is 50.1 Å². The van der Waals surface area contributed by atoms with Crippen molar-refractivity contribution in [2.75, 3.05) is 37.6 Å². The summed E-state index contributed by atoms with van der Waals surface area (Å²) in [5.41, 5.74) is 3.55. The molecule has 2 unspecified atom stereocenters. The van der Waals surface area contributed by atoms with Crippen molar-refractivity contribution in [1.82, 2.24) is 24.6 Å². The van der Waals surface area contributed by atoms with Crippen molar-refractivity contribution in [3.63, 3.8) is 0 Å². The van der Waals surface area contributed by atoms with E-state index in [4.69, 9.17) is 0 Å². The maximum atomic E-state index is 4.54. The number of aromatic nitrogens is 4. The summed E-state index contributed by atoms with van der Waals surface area (Å²) >= 11 is 0. The number of rotatable bonds is 4. The summed E-state index contributed by atoms with van der Waals surface area (Å²) in [6.45, 7) is 13.0. The summed E-state index contributed by atoms with van der Waals surface area (Å²) in [5, 5.41) is 4.39. The molecule has 2 aliphatic heterocycles. The Balaban J connectivity index is 1.34. The zero-order valence-electron chi connectivity index (χ0n) is 14.8. The number of hydrogen-bond acceptors (Lipinski definition) is 5. The Morgan fingerprint density at radius 3 is 2.42 bits per heavy atom. The van der Waals surface area contributed by atoms with Gasteiger partial charge in [0.1, 0.15) is 12.1 Å². The average molecular weight is 326 g/mol. The third-order valence-electron chi connectivity index (χ3n) is 5.58. The molecule has 4 rings (SSSR count). The predicted molar refractivity (Wildman–Crippen MR) is 94.1 cm³/mol. The lowest BCUT2D eigenvalue weighted by Crippen LogP contribution is -2.31. The molecule has 24 heavy (non-hydrogen) atoms. The molecular formula is C18H26N6. The zero-order chi connectivity index (χ0) is 16.7. The zero-order valence-corrected chi connectivity index (χ0v) is 14.8. The molecule has 0 radical (unpaired) electrons. The van der Waals surface area contributed by atoms with E-state index >= 15 is 0 Å². The van der Waals surface area contributed by atoms with Gasteiger partial charge in [-0.2, -0.15) is 5.10 Å². The summed E-state index contributed by atoms with van der Waals surface area (Å²) in [7, 11) is 0. The van der Waals surface area contributed by atoms with Gasteiger partial charge in [-0.25, -0.2) is 9.97 Å². The van der Waals surface area contributed by atoms with Crippen molar-refractivity contribution < 1.29 is 0 Å². The van der Waals surface area contributed by atoms with Gasteiger partial charge in [0, 0.05) is 50.2 Å². The summed E-state index contributed by atoms with van der Waals surface area (Å²) < 4.78 is 2.06. The highest BCUT2D eigenvalue weighted by molar-refractivity contribution is 5.48. The van der Waals surface area contributed by atoms with Gasteiger partial charge in [0.25, 0.3) is 0 Å². The Hall–Kier alpha value is -1.95. The van der Waals surface area contributed by atoms with E-state index in [0.29, 0.717) is 0 Å². The molecule has 0 saturated carbocycles. The van der Waals surface area contributed by atoms with Gasteiger partial charge in [-0.05, 0) is 38.2 Å². The number of anilines is 1. The molecular weight excluding hydrogens is 300 g/mol. The summed E-state index contributed by atoms with van der Waals surface area (Å²) in [5.74, 6) is 2.66. The summed E-state index contributed by atoms with van der Waals surface area (Å²) in [6.07, 6.45) is 5.76. The minimum Gasteiger partial charge on any atom is -0.356 e. The number of hydrogen-bond donors (Lipinski definition) is 0. The normalized spacial score (nSPS) is 23.9. The van der Waals surface area contributed by atoms with Crippen LogP contribution in [0.3, 0.4) is 0 Å². The smallest absolute Gasteiger partial charge is 0.135 e. The minimum atomic E-state index is 0.763. The molecule has 0 N–H and O–H groups in total. The van der Waals surface area contributed by atoms with Crippen LogP contribution in [0.25, 0.3) is 0 Å². The Labute approximate surface area is 143 Å². The van der Waals surface area contributed by atoms with Gasteiger partial charge >= 0.3 is 0 Å². The quantitative estimate of drug-likeness (QED) is 0.855. The first-order chi connectivity index (χ1) is 11.6. The van der Waals surface area contributed by atoms with Crippen LogP contribution in [0.4, 0.5) is 5.82 Å². The SMILES string of the molecule is Cc1cnn(CCN2CC3CN(c4ncnc(C)c4C)CC3C2)c1. The van der Waals surface area contributed by atoms with Gasteiger partial charge in [-0.15, -0.1) is 0 Å². The molecule has 2 atom stereocenters. The molecule has 0 aromatic carbocycles. The molecule has 6 heteroatoms. The van der Waals surface area contributed by atoms with E-state index in [1.165, 1.54) is 24.2 Å². The Bertz CT molecular complexity index is 710. The number of likely N-dealkylation sites (tertiary alicyclic amines) is 1. The van der Waals surface area contributed by atoms with Crippen LogP contribution in [0.2, 0.25) is 0 Å². The molecule has 2 saturated heterocycles. The van der Waals surface area contributed by atoms with Gasteiger partial charge in [0.15, 0.2) is 0 Å². The fraction of sp³-hybridized carbons (Fsp3) is 0.611. The molecule has 0 amide bonds. The van der Waals surface area contributed by atoms with Crippen LogP contribution in [-0.2, 0) is 6.54 Å². The van der Waals surface area contributed by atoms with Gasteiger partial charge in [0.05, 0.1) is 12.7 Å². The first kappa shape index (κ1) is 15.6. The lowest BCUT2D eigenvalue weighted by Gasteiger charge is -2.23. The van der Waals surface area contributed by atoms with E-state index in [-0.39, 0.29) is 0 Å². The summed E-state index contributed by atoms with van der Waals surface area (Å²) in [6, 6.07) is 0. The standard InChI is InChI=1S/C18H26N6/c1-13-6-21-24(7-13)5-4-22-8-16-10-23(11-17(16)9-22)18-14(2)15(3)19-12-20-18/h6-7,12,16-17H,4-5,8-11H2,1-3H3. The van der Waals surface area contributed by atoms with Crippen molar-refractivity contribution in [3.8, 4) is 0 Å². The molecule has 0 aliphatic carbocycles. The highest BCUT2D eigenvalue weighted by Gasteiger charge is 2.40. The lowest BCUT2D eigenvalue weighted by atomic mass is 10.0. The second kappa shape index (κ2) is 6.16. The monoisotopic (exact) mass is 326 g/mol. The minimum absolute atomic E-state index is 0.763. The van der Waals surface area contributed by atoms with Crippen molar-refractivity contribution >= 4 is 5.82 Å². The molecule has 2 aromatic heterocycles. The van der Waals surface area contributed by atoms with E-state index in [1.54, 1.807) is 6.33 Å². The molecule has 128 valence electrons. The van der Waals surface area contributed by atoms with Crippen molar-refractivity contribution in [2.45, 2.75) is 27.3 Å². The second-order valence-corrected chi connectivity index (χ2v) is 7.37. The number of aryl methyl sites for hydroxylation is 2. The largest absolute Gasteiger partial charge is 0.356 e.